The van der Waals surface area contributed by atoms with E-state index in [0.717, 1.165) is 24.2 Å². The summed E-state index contributed by atoms with van der Waals surface area (Å²) in [5.74, 6) is 2.02. The number of hydrogen-bond donors (Lipinski definition) is 1. The summed E-state index contributed by atoms with van der Waals surface area (Å²) in [7, 11) is 4.83. The van der Waals surface area contributed by atoms with Crippen LogP contribution in [0, 0.1) is 0 Å². The molecule has 6 heteroatoms. The van der Waals surface area contributed by atoms with Crippen LogP contribution in [0.5, 0.6) is 17.2 Å². The Hall–Kier alpha value is -2.73. The van der Waals surface area contributed by atoms with E-state index in [-0.39, 0.29) is 5.91 Å². The fourth-order valence-electron chi connectivity index (χ4n) is 3.11. The van der Waals surface area contributed by atoms with Gasteiger partial charge in [-0.15, -0.1) is 0 Å². The summed E-state index contributed by atoms with van der Waals surface area (Å²) in [6.07, 6.45) is 2.25. The zero-order valence-electron chi connectivity index (χ0n) is 16.0. The number of anilines is 1. The molecule has 3 rings (SSSR count). The van der Waals surface area contributed by atoms with Gasteiger partial charge in [0.2, 0.25) is 5.91 Å². The Labute approximate surface area is 160 Å². The molecule has 1 aliphatic carbocycles. The average molecular weight is 370 g/mol. The van der Waals surface area contributed by atoms with Gasteiger partial charge in [-0.05, 0) is 31.0 Å². The number of nitrogens with one attached hydrogen (secondary N) is 1. The lowest BCUT2D eigenvalue weighted by Crippen LogP contribution is -2.34. The number of nitrogens with zero attached hydrogens (tertiary/aromatic N) is 1. The van der Waals surface area contributed by atoms with Crippen LogP contribution in [0.4, 0.5) is 5.69 Å². The summed E-state index contributed by atoms with van der Waals surface area (Å²) in [5.41, 5.74) is 1.77. The molecule has 6 nitrogen and oxygen atoms in total. The third kappa shape index (κ3) is 4.92. The van der Waals surface area contributed by atoms with Crippen molar-refractivity contribution < 1.29 is 19.0 Å². The molecule has 0 unspecified atom stereocenters. The van der Waals surface area contributed by atoms with Crippen LogP contribution in [0.2, 0.25) is 0 Å². The lowest BCUT2D eigenvalue weighted by atomic mass is 10.2. The lowest BCUT2D eigenvalue weighted by molar-refractivity contribution is -0.117. The van der Waals surface area contributed by atoms with E-state index in [1.165, 1.54) is 0 Å². The highest BCUT2D eigenvalue weighted by atomic mass is 16.5. The minimum Gasteiger partial charge on any atom is -0.496 e. The van der Waals surface area contributed by atoms with Gasteiger partial charge in [0.15, 0.2) is 11.5 Å². The molecule has 0 heterocycles. The monoisotopic (exact) mass is 370 g/mol. The van der Waals surface area contributed by atoms with E-state index in [9.17, 15) is 4.79 Å². The second kappa shape index (κ2) is 8.77. The van der Waals surface area contributed by atoms with Gasteiger partial charge in [0, 0.05) is 29.9 Å². The standard InChI is InChI=1S/C21H26N2O4/c1-25-18-7-5-4-6-15(18)13-23(17-9-10-17)14-21(24)22-16-8-11-19(26-2)20(12-16)27-3/h4-8,11-12,17H,9-10,13-14H2,1-3H3,(H,22,24). The van der Waals surface area contributed by atoms with Crippen molar-refractivity contribution >= 4 is 11.6 Å². The average Bonchev–Trinajstić information content (AvgIpc) is 3.53. The van der Waals surface area contributed by atoms with Gasteiger partial charge in [-0.2, -0.15) is 0 Å². The van der Waals surface area contributed by atoms with E-state index in [0.29, 0.717) is 36.3 Å². The van der Waals surface area contributed by atoms with Gasteiger partial charge in [0.1, 0.15) is 5.75 Å². The smallest absolute Gasteiger partial charge is 0.238 e. The predicted molar refractivity (Wildman–Crippen MR) is 105 cm³/mol. The normalized spacial score (nSPS) is 13.3. The van der Waals surface area contributed by atoms with Crippen LogP contribution >= 0.6 is 0 Å². The molecule has 144 valence electrons. The minimum absolute atomic E-state index is 0.0518. The van der Waals surface area contributed by atoms with Crippen molar-refractivity contribution in [3.8, 4) is 17.2 Å². The fourth-order valence-corrected chi connectivity index (χ4v) is 3.11. The third-order valence-corrected chi connectivity index (χ3v) is 4.64. The topological polar surface area (TPSA) is 60.0 Å². The second-order valence-corrected chi connectivity index (χ2v) is 6.57. The Balaban J connectivity index is 1.66. The summed E-state index contributed by atoms with van der Waals surface area (Å²) in [4.78, 5) is 14.8. The molecule has 1 aliphatic rings. The first-order chi connectivity index (χ1) is 13.1. The minimum atomic E-state index is -0.0518. The molecule has 0 aromatic heterocycles. The molecule has 0 radical (unpaired) electrons. The third-order valence-electron chi connectivity index (χ3n) is 4.64. The zero-order chi connectivity index (χ0) is 19.2. The second-order valence-electron chi connectivity index (χ2n) is 6.57. The maximum atomic E-state index is 12.6. The zero-order valence-corrected chi connectivity index (χ0v) is 16.0. The van der Waals surface area contributed by atoms with Crippen molar-refractivity contribution in [2.24, 2.45) is 0 Å². The number of benzene rings is 2. The van der Waals surface area contributed by atoms with E-state index >= 15 is 0 Å². The number of carbonyl (C=O) groups is 1. The molecule has 1 amide bonds. The molecule has 0 bridgehead atoms. The maximum absolute atomic E-state index is 12.6. The first kappa shape index (κ1) is 19.0. The van der Waals surface area contributed by atoms with Crippen molar-refractivity contribution in [1.29, 1.82) is 0 Å². The summed E-state index contributed by atoms with van der Waals surface area (Å²) < 4.78 is 16.0. The highest BCUT2D eigenvalue weighted by Gasteiger charge is 2.30. The first-order valence-corrected chi connectivity index (χ1v) is 9.02. The molecule has 27 heavy (non-hydrogen) atoms. The number of methoxy groups -OCH3 is 3. The molecule has 0 aliphatic heterocycles. The van der Waals surface area contributed by atoms with E-state index in [4.69, 9.17) is 14.2 Å². The van der Waals surface area contributed by atoms with E-state index in [2.05, 4.69) is 10.2 Å². The fraction of sp³-hybridized carbons (Fsp3) is 0.381. The molecular formula is C21H26N2O4. The van der Waals surface area contributed by atoms with Crippen LogP contribution in [0.15, 0.2) is 42.5 Å². The molecule has 0 spiro atoms. The van der Waals surface area contributed by atoms with Gasteiger partial charge in [-0.1, -0.05) is 18.2 Å². The van der Waals surface area contributed by atoms with Crippen molar-refractivity contribution in [3.63, 3.8) is 0 Å². The Kier molecular flexibility index (Phi) is 6.19. The Morgan fingerprint density at radius 2 is 1.70 bits per heavy atom. The summed E-state index contributed by atoms with van der Waals surface area (Å²) in [6, 6.07) is 13.7. The molecule has 0 saturated heterocycles. The highest BCUT2D eigenvalue weighted by molar-refractivity contribution is 5.92. The Morgan fingerprint density at radius 1 is 1.00 bits per heavy atom. The van der Waals surface area contributed by atoms with Gasteiger partial charge in [0.25, 0.3) is 0 Å². The van der Waals surface area contributed by atoms with E-state index in [1.54, 1.807) is 39.5 Å². The molecule has 1 saturated carbocycles. The molecular weight excluding hydrogens is 344 g/mol. The molecule has 0 atom stereocenters. The first-order valence-electron chi connectivity index (χ1n) is 9.02. The Morgan fingerprint density at radius 3 is 2.37 bits per heavy atom. The van der Waals surface area contributed by atoms with Crippen LogP contribution in [-0.4, -0.2) is 44.7 Å². The van der Waals surface area contributed by atoms with Crippen molar-refractivity contribution in [3.05, 3.63) is 48.0 Å². The summed E-state index contributed by atoms with van der Waals surface area (Å²) >= 11 is 0. The van der Waals surface area contributed by atoms with Crippen LogP contribution in [0.1, 0.15) is 18.4 Å². The van der Waals surface area contributed by atoms with E-state index in [1.807, 2.05) is 24.3 Å². The van der Waals surface area contributed by atoms with Gasteiger partial charge >= 0.3 is 0 Å². The van der Waals surface area contributed by atoms with Crippen molar-refractivity contribution in [1.82, 2.24) is 4.90 Å². The number of amides is 1. The molecule has 2 aromatic rings. The Bertz CT molecular complexity index is 790. The number of para-hydroxylation sites is 1. The maximum Gasteiger partial charge on any atom is 0.238 e. The van der Waals surface area contributed by atoms with Crippen molar-refractivity contribution in [2.45, 2.75) is 25.4 Å². The molecule has 1 fully saturated rings. The van der Waals surface area contributed by atoms with Crippen LogP contribution < -0.4 is 19.5 Å². The van der Waals surface area contributed by atoms with Gasteiger partial charge in [0.05, 0.1) is 27.9 Å². The predicted octanol–water partition coefficient (Wildman–Crippen LogP) is 3.32. The largest absolute Gasteiger partial charge is 0.496 e. The van der Waals surface area contributed by atoms with Gasteiger partial charge in [-0.25, -0.2) is 0 Å². The quantitative estimate of drug-likeness (QED) is 0.734. The van der Waals surface area contributed by atoms with Crippen molar-refractivity contribution in [2.75, 3.05) is 33.2 Å². The summed E-state index contributed by atoms with van der Waals surface area (Å²) in [5, 5.41) is 2.95. The molecule has 2 aromatic carbocycles. The molecule has 1 N–H and O–H groups in total. The lowest BCUT2D eigenvalue weighted by Gasteiger charge is -2.22. The number of carbonyl (C=O) groups excluding carboxylic acids is 1. The van der Waals surface area contributed by atoms with Crippen LogP contribution in [0.3, 0.4) is 0 Å². The SMILES string of the molecule is COc1ccccc1CN(CC(=O)Nc1ccc(OC)c(OC)c1)C1CC1. The van der Waals surface area contributed by atoms with Gasteiger partial charge in [-0.3, -0.25) is 9.69 Å². The number of hydrogen-bond acceptors (Lipinski definition) is 5. The van der Waals surface area contributed by atoms with Crippen LogP contribution in [0.25, 0.3) is 0 Å². The van der Waals surface area contributed by atoms with Gasteiger partial charge < -0.3 is 19.5 Å². The van der Waals surface area contributed by atoms with Crippen LogP contribution in [-0.2, 0) is 11.3 Å². The highest BCUT2D eigenvalue weighted by Crippen LogP contribution is 2.31. The number of ether oxygens (including phenoxy) is 3. The number of rotatable bonds is 9. The summed E-state index contributed by atoms with van der Waals surface area (Å²) in [6.45, 7) is 1.02. The van der Waals surface area contributed by atoms with E-state index < -0.39 is 0 Å².